The van der Waals surface area contributed by atoms with Crippen LogP contribution in [0.5, 0.6) is 0 Å². The SMILES string of the molecule is Cc1nc(Cl)sc1S(=O)(=O)N(C)Cc1ccc(F)c(F)c1. The molecule has 1 heterocycles. The molecule has 4 nitrogen and oxygen atoms in total. The zero-order valence-corrected chi connectivity index (χ0v) is 13.5. The van der Waals surface area contributed by atoms with E-state index < -0.39 is 21.7 Å². The van der Waals surface area contributed by atoms with Gasteiger partial charge in [0.05, 0.1) is 5.69 Å². The van der Waals surface area contributed by atoms with E-state index in [9.17, 15) is 17.2 Å². The van der Waals surface area contributed by atoms with E-state index in [1.165, 1.54) is 13.1 Å². The summed E-state index contributed by atoms with van der Waals surface area (Å²) in [7, 11) is -2.43. The molecule has 0 unspecified atom stereocenters. The second-order valence-electron chi connectivity index (χ2n) is 4.35. The van der Waals surface area contributed by atoms with Crippen molar-refractivity contribution in [2.75, 3.05) is 7.05 Å². The van der Waals surface area contributed by atoms with E-state index in [1.807, 2.05) is 0 Å². The van der Waals surface area contributed by atoms with E-state index in [2.05, 4.69) is 4.98 Å². The van der Waals surface area contributed by atoms with Gasteiger partial charge in [-0.1, -0.05) is 29.0 Å². The summed E-state index contributed by atoms with van der Waals surface area (Å²) >= 11 is 6.56. The van der Waals surface area contributed by atoms with Crippen molar-refractivity contribution in [3.8, 4) is 0 Å². The minimum atomic E-state index is -3.78. The molecule has 0 spiro atoms. The minimum Gasteiger partial charge on any atom is -0.229 e. The van der Waals surface area contributed by atoms with Crippen LogP contribution in [0, 0.1) is 18.6 Å². The first-order valence-electron chi connectivity index (χ1n) is 5.75. The fourth-order valence-corrected chi connectivity index (χ4v) is 4.80. The summed E-state index contributed by atoms with van der Waals surface area (Å²) in [6, 6.07) is 3.25. The van der Waals surface area contributed by atoms with Crippen molar-refractivity contribution in [3.63, 3.8) is 0 Å². The minimum absolute atomic E-state index is 0.0394. The van der Waals surface area contributed by atoms with Crippen molar-refractivity contribution in [2.24, 2.45) is 0 Å². The van der Waals surface area contributed by atoms with Gasteiger partial charge in [-0.25, -0.2) is 22.2 Å². The highest BCUT2D eigenvalue weighted by Gasteiger charge is 2.26. The number of aromatic nitrogens is 1. The molecule has 1 aromatic carbocycles. The van der Waals surface area contributed by atoms with Gasteiger partial charge in [0.1, 0.15) is 0 Å². The van der Waals surface area contributed by atoms with Crippen LogP contribution in [-0.2, 0) is 16.6 Å². The summed E-state index contributed by atoms with van der Waals surface area (Å²) in [6.07, 6.45) is 0. The number of rotatable bonds is 4. The van der Waals surface area contributed by atoms with Gasteiger partial charge in [-0.2, -0.15) is 4.31 Å². The first-order chi connectivity index (χ1) is 9.71. The third-order valence-electron chi connectivity index (χ3n) is 2.76. The predicted octanol–water partition coefficient (Wildman–Crippen LogP) is 3.20. The number of hydrogen-bond acceptors (Lipinski definition) is 4. The Balaban J connectivity index is 2.28. The number of aryl methyl sites for hydroxylation is 1. The Morgan fingerprint density at radius 1 is 1.33 bits per heavy atom. The van der Waals surface area contributed by atoms with Crippen molar-refractivity contribution in [1.82, 2.24) is 9.29 Å². The van der Waals surface area contributed by atoms with Crippen LogP contribution >= 0.6 is 22.9 Å². The van der Waals surface area contributed by atoms with Crippen LogP contribution in [0.1, 0.15) is 11.3 Å². The summed E-state index contributed by atoms with van der Waals surface area (Å²) in [4.78, 5) is 3.86. The lowest BCUT2D eigenvalue weighted by Crippen LogP contribution is -2.26. The molecule has 0 bridgehead atoms. The first-order valence-corrected chi connectivity index (χ1v) is 8.38. The average Bonchev–Trinajstić information content (AvgIpc) is 2.73. The lowest BCUT2D eigenvalue weighted by atomic mass is 10.2. The van der Waals surface area contributed by atoms with Crippen LogP contribution in [0.15, 0.2) is 22.4 Å². The smallest absolute Gasteiger partial charge is 0.229 e. The molecule has 21 heavy (non-hydrogen) atoms. The molecule has 0 atom stereocenters. The second-order valence-corrected chi connectivity index (χ2v) is 8.17. The summed E-state index contributed by atoms with van der Waals surface area (Å²) < 4.78 is 52.0. The zero-order chi connectivity index (χ0) is 15.8. The largest absolute Gasteiger partial charge is 0.254 e. The maximum Gasteiger partial charge on any atom is 0.254 e. The first kappa shape index (κ1) is 16.3. The number of hydrogen-bond donors (Lipinski definition) is 0. The monoisotopic (exact) mass is 352 g/mol. The highest BCUT2D eigenvalue weighted by atomic mass is 35.5. The standard InChI is InChI=1S/C12H11ClF2N2O2S2/c1-7-11(20-12(13)16-7)21(18,19)17(2)6-8-3-4-9(14)10(15)5-8/h3-5H,6H2,1-2H3. The van der Waals surface area contributed by atoms with Crippen LogP contribution in [-0.4, -0.2) is 24.8 Å². The molecule has 1 aromatic heterocycles. The van der Waals surface area contributed by atoms with Gasteiger partial charge in [0, 0.05) is 13.6 Å². The summed E-state index contributed by atoms with van der Waals surface area (Å²) in [5.74, 6) is -2.00. The van der Waals surface area contributed by atoms with E-state index in [0.717, 1.165) is 27.8 Å². The molecule has 0 aliphatic rings. The summed E-state index contributed by atoms with van der Waals surface area (Å²) in [6.45, 7) is 1.45. The molecule has 0 aliphatic carbocycles. The van der Waals surface area contributed by atoms with Crippen LogP contribution in [0.4, 0.5) is 8.78 Å². The fraction of sp³-hybridized carbons (Fsp3) is 0.250. The van der Waals surface area contributed by atoms with Crippen molar-refractivity contribution in [3.05, 3.63) is 45.6 Å². The second kappa shape index (κ2) is 5.96. The number of halogens is 3. The van der Waals surface area contributed by atoms with Crippen LogP contribution in [0.25, 0.3) is 0 Å². The van der Waals surface area contributed by atoms with Gasteiger partial charge < -0.3 is 0 Å². The molecule has 0 saturated heterocycles. The normalized spacial score (nSPS) is 12.1. The van der Waals surface area contributed by atoms with Gasteiger partial charge in [0.15, 0.2) is 20.3 Å². The quantitative estimate of drug-likeness (QED) is 0.849. The van der Waals surface area contributed by atoms with Crippen molar-refractivity contribution < 1.29 is 17.2 Å². The Morgan fingerprint density at radius 2 is 2.00 bits per heavy atom. The molecule has 0 N–H and O–H groups in total. The molecule has 0 radical (unpaired) electrons. The lowest BCUT2D eigenvalue weighted by Gasteiger charge is -2.16. The molecule has 2 aromatic rings. The molecular formula is C12H11ClF2N2O2S2. The molecule has 0 saturated carbocycles. The van der Waals surface area contributed by atoms with Gasteiger partial charge in [-0.15, -0.1) is 0 Å². The van der Waals surface area contributed by atoms with Crippen LogP contribution in [0.3, 0.4) is 0 Å². The van der Waals surface area contributed by atoms with Crippen molar-refractivity contribution >= 4 is 33.0 Å². The molecule has 0 aliphatic heterocycles. The maximum atomic E-state index is 13.1. The summed E-state index contributed by atoms with van der Waals surface area (Å²) in [5.41, 5.74) is 0.648. The number of sulfonamides is 1. The zero-order valence-electron chi connectivity index (χ0n) is 11.1. The molecule has 0 fully saturated rings. The molecule has 0 amide bonds. The van der Waals surface area contributed by atoms with Crippen LogP contribution in [0.2, 0.25) is 4.47 Å². The van der Waals surface area contributed by atoms with Gasteiger partial charge >= 0.3 is 0 Å². The van der Waals surface area contributed by atoms with E-state index >= 15 is 0 Å². The maximum absolute atomic E-state index is 13.1. The van der Waals surface area contributed by atoms with E-state index in [0.29, 0.717) is 11.3 Å². The van der Waals surface area contributed by atoms with Gasteiger partial charge in [0.2, 0.25) is 0 Å². The third-order valence-corrected chi connectivity index (χ3v) is 6.41. The van der Waals surface area contributed by atoms with E-state index in [-0.39, 0.29) is 15.2 Å². The Hall–Kier alpha value is -1.09. The molecule has 9 heteroatoms. The fourth-order valence-electron chi connectivity index (χ4n) is 1.71. The third kappa shape index (κ3) is 3.39. The summed E-state index contributed by atoms with van der Waals surface area (Å²) in [5, 5.41) is 0. The molecule has 2 rings (SSSR count). The number of benzene rings is 1. The van der Waals surface area contributed by atoms with Gasteiger partial charge in [0.25, 0.3) is 10.0 Å². The van der Waals surface area contributed by atoms with E-state index in [1.54, 1.807) is 6.92 Å². The van der Waals surface area contributed by atoms with Gasteiger partial charge in [-0.3, -0.25) is 0 Å². The topological polar surface area (TPSA) is 50.3 Å². The molecule has 114 valence electrons. The molecular weight excluding hydrogens is 342 g/mol. The predicted molar refractivity (Wildman–Crippen MR) is 76.9 cm³/mol. The van der Waals surface area contributed by atoms with E-state index in [4.69, 9.17) is 11.6 Å². The number of nitrogens with zero attached hydrogens (tertiary/aromatic N) is 2. The average molecular weight is 353 g/mol. The van der Waals surface area contributed by atoms with Crippen molar-refractivity contribution in [1.29, 1.82) is 0 Å². The Kier molecular flexibility index (Phi) is 4.62. The Labute approximate surface area is 130 Å². The highest BCUT2D eigenvalue weighted by molar-refractivity contribution is 7.91. The highest BCUT2D eigenvalue weighted by Crippen LogP contribution is 2.29. The lowest BCUT2D eigenvalue weighted by molar-refractivity contribution is 0.463. The Morgan fingerprint density at radius 3 is 2.52 bits per heavy atom. The number of thiazole rings is 1. The van der Waals surface area contributed by atoms with Crippen LogP contribution < -0.4 is 0 Å². The van der Waals surface area contributed by atoms with Crippen molar-refractivity contribution in [2.45, 2.75) is 17.7 Å². The van der Waals surface area contributed by atoms with Gasteiger partial charge in [-0.05, 0) is 24.6 Å². The Bertz CT molecular complexity index is 778.